The average molecular weight is 449 g/mol. The molecule has 0 saturated heterocycles. The van der Waals surface area contributed by atoms with Crippen molar-refractivity contribution in [3.63, 3.8) is 0 Å². The third kappa shape index (κ3) is 5.93. The monoisotopic (exact) mass is 448 g/mol. The Morgan fingerprint density at radius 3 is 2.33 bits per heavy atom. The maximum atomic E-state index is 12.3. The molecule has 3 rings (SSSR count). The van der Waals surface area contributed by atoms with Gasteiger partial charge in [-0.1, -0.05) is 11.6 Å². The van der Waals surface area contributed by atoms with Crippen molar-refractivity contribution >= 4 is 39.2 Å². The second-order valence-corrected chi connectivity index (χ2v) is 8.26. The molecule has 30 heavy (non-hydrogen) atoms. The van der Waals surface area contributed by atoms with E-state index in [0.717, 1.165) is 0 Å². The Kier molecular flexibility index (Phi) is 6.88. The molecule has 156 valence electrons. The molecule has 1 heterocycles. The summed E-state index contributed by atoms with van der Waals surface area (Å²) in [5.74, 6) is -0.809. The topological polar surface area (TPSA) is 115 Å². The number of carbonyl (C=O) groups excluding carboxylic acids is 2. The van der Waals surface area contributed by atoms with Crippen molar-refractivity contribution in [3.05, 3.63) is 83.3 Å². The van der Waals surface area contributed by atoms with Gasteiger partial charge >= 0.3 is 5.97 Å². The Labute approximate surface area is 177 Å². The van der Waals surface area contributed by atoms with Crippen LogP contribution in [0.5, 0.6) is 0 Å². The van der Waals surface area contributed by atoms with Gasteiger partial charge in [0, 0.05) is 10.7 Å². The Hall–Kier alpha value is -3.14. The van der Waals surface area contributed by atoms with Crippen LogP contribution >= 0.6 is 11.6 Å². The first kappa shape index (κ1) is 21.6. The third-order valence-corrected chi connectivity index (χ3v) is 5.55. The quantitative estimate of drug-likeness (QED) is 0.511. The molecule has 0 bridgehead atoms. The second-order valence-electron chi connectivity index (χ2n) is 6.06. The van der Waals surface area contributed by atoms with Crippen LogP contribution in [-0.4, -0.2) is 26.9 Å². The number of furan rings is 1. The normalized spacial score (nSPS) is 11.1. The van der Waals surface area contributed by atoms with Crippen LogP contribution in [0.1, 0.15) is 16.1 Å². The van der Waals surface area contributed by atoms with Crippen molar-refractivity contribution in [2.24, 2.45) is 0 Å². The van der Waals surface area contributed by atoms with Crippen LogP contribution in [0, 0.1) is 0 Å². The number of amides is 1. The number of ether oxygens (including phenoxy) is 1. The van der Waals surface area contributed by atoms with Gasteiger partial charge in [-0.2, -0.15) is 0 Å². The minimum absolute atomic E-state index is 0.00184. The maximum Gasteiger partial charge on any atom is 0.338 e. The molecule has 0 radical (unpaired) electrons. The Morgan fingerprint density at radius 2 is 1.70 bits per heavy atom. The number of benzene rings is 2. The van der Waals surface area contributed by atoms with Crippen LogP contribution in [0.25, 0.3) is 0 Å². The van der Waals surface area contributed by atoms with E-state index in [0.29, 0.717) is 16.5 Å². The molecule has 3 aromatic rings. The van der Waals surface area contributed by atoms with E-state index in [1.54, 1.807) is 36.4 Å². The number of nitrogens with one attached hydrogen (secondary N) is 2. The zero-order valence-corrected chi connectivity index (χ0v) is 17.1. The highest BCUT2D eigenvalue weighted by molar-refractivity contribution is 7.89. The van der Waals surface area contributed by atoms with E-state index in [2.05, 4.69) is 10.0 Å². The molecule has 0 saturated carbocycles. The Balaban J connectivity index is 1.52. The molecule has 0 atom stereocenters. The van der Waals surface area contributed by atoms with Gasteiger partial charge in [-0.15, -0.1) is 0 Å². The summed E-state index contributed by atoms with van der Waals surface area (Å²) in [6.07, 6.45) is 1.44. The van der Waals surface area contributed by atoms with Gasteiger partial charge in [-0.25, -0.2) is 17.9 Å². The summed E-state index contributed by atoms with van der Waals surface area (Å²) in [6.45, 7) is -0.492. The van der Waals surface area contributed by atoms with Gasteiger partial charge in [0.2, 0.25) is 10.0 Å². The van der Waals surface area contributed by atoms with Crippen LogP contribution < -0.4 is 10.0 Å². The Morgan fingerprint density at radius 1 is 1.00 bits per heavy atom. The summed E-state index contributed by atoms with van der Waals surface area (Å²) in [5, 5.41) is 3.09. The van der Waals surface area contributed by atoms with E-state index in [-0.39, 0.29) is 17.0 Å². The largest absolute Gasteiger partial charge is 0.468 e. The van der Waals surface area contributed by atoms with Gasteiger partial charge < -0.3 is 14.5 Å². The molecule has 0 aliphatic heterocycles. The van der Waals surface area contributed by atoms with Gasteiger partial charge in [0.25, 0.3) is 5.91 Å². The summed E-state index contributed by atoms with van der Waals surface area (Å²) < 4.78 is 37.0. The van der Waals surface area contributed by atoms with Gasteiger partial charge in [-0.05, 0) is 60.7 Å². The van der Waals surface area contributed by atoms with Crippen molar-refractivity contribution in [1.29, 1.82) is 0 Å². The predicted octanol–water partition coefficient (Wildman–Crippen LogP) is 3.21. The highest BCUT2D eigenvalue weighted by atomic mass is 35.5. The van der Waals surface area contributed by atoms with Crippen LogP contribution in [0.4, 0.5) is 5.69 Å². The molecule has 10 heteroatoms. The van der Waals surface area contributed by atoms with E-state index >= 15 is 0 Å². The standard InChI is InChI=1S/C20H17ClN2O6S/c21-15-5-7-16(8-6-15)23-19(24)13-29-20(25)14-3-9-18(10-4-14)30(26,27)22-12-17-2-1-11-28-17/h1-11,22H,12-13H2,(H,23,24). The highest BCUT2D eigenvalue weighted by Crippen LogP contribution is 2.14. The number of rotatable bonds is 8. The molecule has 2 aromatic carbocycles. The predicted molar refractivity (Wildman–Crippen MR) is 110 cm³/mol. The first-order chi connectivity index (χ1) is 14.3. The molecule has 2 N–H and O–H groups in total. The molecular weight excluding hydrogens is 432 g/mol. The van der Waals surface area contributed by atoms with Gasteiger partial charge in [0.1, 0.15) is 5.76 Å². The summed E-state index contributed by atoms with van der Waals surface area (Å²) in [4.78, 5) is 23.9. The van der Waals surface area contributed by atoms with E-state index in [1.165, 1.54) is 30.5 Å². The Bertz CT molecular complexity index is 1110. The lowest BCUT2D eigenvalue weighted by Crippen LogP contribution is -2.23. The summed E-state index contributed by atoms with van der Waals surface area (Å²) in [6, 6.07) is 14.9. The number of esters is 1. The van der Waals surface area contributed by atoms with E-state index in [9.17, 15) is 18.0 Å². The van der Waals surface area contributed by atoms with Crippen LogP contribution in [0.2, 0.25) is 5.02 Å². The van der Waals surface area contributed by atoms with E-state index in [4.69, 9.17) is 20.8 Å². The van der Waals surface area contributed by atoms with E-state index in [1.807, 2.05) is 0 Å². The third-order valence-electron chi connectivity index (χ3n) is 3.88. The zero-order valence-electron chi connectivity index (χ0n) is 15.5. The maximum absolute atomic E-state index is 12.3. The molecule has 0 aliphatic rings. The minimum atomic E-state index is -3.78. The summed E-state index contributed by atoms with van der Waals surface area (Å²) in [7, 11) is -3.78. The lowest BCUT2D eigenvalue weighted by molar-refractivity contribution is -0.119. The molecule has 1 aromatic heterocycles. The fourth-order valence-electron chi connectivity index (χ4n) is 2.38. The van der Waals surface area contributed by atoms with Gasteiger partial charge in [-0.3, -0.25) is 4.79 Å². The van der Waals surface area contributed by atoms with Crippen molar-refractivity contribution in [1.82, 2.24) is 4.72 Å². The number of sulfonamides is 1. The van der Waals surface area contributed by atoms with Gasteiger partial charge in [0.05, 0.1) is 23.3 Å². The van der Waals surface area contributed by atoms with Crippen LogP contribution in [-0.2, 0) is 26.1 Å². The number of halogens is 1. The average Bonchev–Trinajstić information content (AvgIpc) is 3.26. The summed E-state index contributed by atoms with van der Waals surface area (Å²) in [5.41, 5.74) is 0.622. The minimum Gasteiger partial charge on any atom is -0.468 e. The van der Waals surface area contributed by atoms with Crippen molar-refractivity contribution in [3.8, 4) is 0 Å². The summed E-state index contributed by atoms with van der Waals surface area (Å²) >= 11 is 5.77. The number of hydrogen-bond donors (Lipinski definition) is 2. The van der Waals surface area contributed by atoms with Crippen molar-refractivity contribution < 1.29 is 27.2 Å². The van der Waals surface area contributed by atoms with Gasteiger partial charge in [0.15, 0.2) is 6.61 Å². The molecule has 0 fully saturated rings. The molecule has 0 unspecified atom stereocenters. The van der Waals surface area contributed by atoms with Crippen LogP contribution in [0.15, 0.2) is 76.2 Å². The van der Waals surface area contributed by atoms with Crippen molar-refractivity contribution in [2.45, 2.75) is 11.4 Å². The smallest absolute Gasteiger partial charge is 0.338 e. The molecule has 0 aliphatic carbocycles. The number of hydrogen-bond acceptors (Lipinski definition) is 6. The number of anilines is 1. The van der Waals surface area contributed by atoms with Crippen molar-refractivity contribution in [2.75, 3.05) is 11.9 Å². The molecule has 1 amide bonds. The number of carbonyl (C=O) groups is 2. The lowest BCUT2D eigenvalue weighted by Gasteiger charge is -2.08. The fourth-order valence-corrected chi connectivity index (χ4v) is 3.50. The van der Waals surface area contributed by atoms with E-state index < -0.39 is 28.5 Å². The van der Waals surface area contributed by atoms with Crippen LogP contribution in [0.3, 0.4) is 0 Å². The fraction of sp³-hybridized carbons (Fsp3) is 0.100. The molecule has 8 nitrogen and oxygen atoms in total. The highest BCUT2D eigenvalue weighted by Gasteiger charge is 2.16. The first-order valence-corrected chi connectivity index (χ1v) is 10.5. The molecular formula is C20H17ClN2O6S. The first-order valence-electron chi connectivity index (χ1n) is 8.68. The lowest BCUT2D eigenvalue weighted by atomic mass is 10.2. The second kappa shape index (κ2) is 9.57. The SMILES string of the molecule is O=C(COC(=O)c1ccc(S(=O)(=O)NCc2ccco2)cc1)Nc1ccc(Cl)cc1. The molecule has 0 spiro atoms. The zero-order chi connectivity index (χ0) is 21.6.